The maximum absolute atomic E-state index is 7.99. The summed E-state index contributed by atoms with van der Waals surface area (Å²) in [7, 11) is 0. The van der Waals surface area contributed by atoms with Gasteiger partial charge in [0.15, 0.2) is 23.3 Å². The molecule has 33 heteroatoms. The summed E-state index contributed by atoms with van der Waals surface area (Å²) >= 11 is 0. The van der Waals surface area contributed by atoms with Crippen LogP contribution in [-0.4, -0.2) is 215 Å². The Hall–Kier alpha value is -12.9. The minimum Gasteiger partial charge on any atom is -0.379 e. The summed E-state index contributed by atoms with van der Waals surface area (Å²) in [6, 6.07) is 58.4. The number of hydrogen-bond donors (Lipinski definition) is 8. The quantitative estimate of drug-likeness (QED) is 0.0329. The van der Waals surface area contributed by atoms with Gasteiger partial charge >= 0.3 is 0 Å². The number of nitrogens with one attached hydrogen (secondary N) is 4. The van der Waals surface area contributed by atoms with E-state index in [0.29, 0.717) is 82.9 Å². The molecule has 4 aliphatic carbocycles. The zero-order chi connectivity index (χ0) is 87.4. The number of rotatable bonds is 20. The molecule has 4 aromatic carbocycles. The number of morpholine rings is 3. The molecule has 12 N–H and O–H groups in total. The van der Waals surface area contributed by atoms with Crippen LogP contribution in [0.5, 0.6) is 0 Å². The number of benzene rings is 4. The molecule has 0 bridgehead atoms. The van der Waals surface area contributed by atoms with Crippen LogP contribution in [-0.2, 0) is 25.3 Å². The van der Waals surface area contributed by atoms with Crippen LogP contribution in [0.2, 0.25) is 0 Å². The number of nitrogens with zero attached hydrogens (tertiary/aromatic N) is 22. The van der Waals surface area contributed by atoms with Crippen LogP contribution in [0.15, 0.2) is 195 Å². The highest BCUT2D eigenvalue weighted by molar-refractivity contribution is 5.60. The second-order valence-electron chi connectivity index (χ2n) is 34.3. The van der Waals surface area contributed by atoms with Gasteiger partial charge in [0.25, 0.3) is 11.1 Å². The Balaban J connectivity index is 0.000000126. The molecule has 129 heavy (non-hydrogen) atoms. The molecule has 0 spiro atoms. The van der Waals surface area contributed by atoms with Crippen LogP contribution in [0.1, 0.15) is 164 Å². The van der Waals surface area contributed by atoms with Gasteiger partial charge in [-0.05, 0) is 247 Å². The van der Waals surface area contributed by atoms with Crippen molar-refractivity contribution in [2.24, 2.45) is 0 Å². The number of aromatic nitrogens is 16. The molecule has 4 aliphatic heterocycles. The van der Waals surface area contributed by atoms with Crippen LogP contribution < -0.4 is 44.2 Å². The Labute approximate surface area is 754 Å². The fraction of sp³-hybridized carbons (Fsp3) is 0.438. The highest BCUT2D eigenvalue weighted by Crippen LogP contribution is 2.46. The summed E-state index contributed by atoms with van der Waals surface area (Å²) in [6.45, 7) is 29.9. The molecule has 33 nitrogen and oxygen atoms in total. The molecule has 0 unspecified atom stereocenters. The van der Waals surface area contributed by atoms with Crippen LogP contribution in [0.25, 0.3) is 33.0 Å². The molecular weight excluding hydrogens is 1620 g/mol. The van der Waals surface area contributed by atoms with E-state index in [9.17, 15) is 0 Å². The van der Waals surface area contributed by atoms with Gasteiger partial charge in [0.2, 0.25) is 47.6 Å². The number of nitrogen functional groups attached to an aromatic ring is 4. The first-order valence-corrected chi connectivity index (χ1v) is 45.4. The van der Waals surface area contributed by atoms with Crippen LogP contribution in [0.3, 0.4) is 0 Å². The Kier molecular flexibility index (Phi) is 29.7. The van der Waals surface area contributed by atoms with Crippen molar-refractivity contribution in [3.63, 3.8) is 0 Å². The Bertz CT molecular complexity index is 5190. The number of piperidine rings is 1. The third-order valence-electron chi connectivity index (χ3n) is 26.6. The van der Waals surface area contributed by atoms with Gasteiger partial charge in [0.05, 0.1) is 39.6 Å². The molecule has 12 aromatic rings. The van der Waals surface area contributed by atoms with E-state index < -0.39 is 11.1 Å². The standard InChI is InChI=1S/C25H30N8.C24H28N8O.2C23H29N7O.CH4/c1-27-25(14-12-21(13-15-25)32-17-5-2-6-18-32)19-8-10-20(11-9-19)29-24-30-23(26)33(31-24)22-7-3-4-16-28-22;1-26-24(11-9-20(10-12-24)31-14-16-33-17-15-31)18-5-7-19(8-6-18)28-23-29-22(25)32(30-23)21-4-2-3-13-27-21;2*24-22-27-23(28-30(22)21-3-1-2-12-25-21)26-19-8-4-17(5-9-19)18-6-10-20(11-7-18)29-13-15-31-16-14-29;/h3-4,7-11,16,21H,2,5-6,12-15,17-18H2,(H3,26,29,30,31);2-8,13,20H,9-12,14-17H2,(H3,25,28,29,30);2*1-5,8-9,12,18,20H,6-7,10-11,13-16H2,(H3,24,26,27,28);1H4. The van der Waals surface area contributed by atoms with E-state index in [-0.39, 0.29) is 19.3 Å². The minimum atomic E-state index is -0.440. The van der Waals surface area contributed by atoms with E-state index in [4.69, 9.17) is 50.3 Å². The van der Waals surface area contributed by atoms with Gasteiger partial charge in [-0.25, -0.2) is 33.1 Å². The van der Waals surface area contributed by atoms with Crippen molar-refractivity contribution < 1.29 is 14.2 Å². The molecule has 0 radical (unpaired) electrons. The van der Waals surface area contributed by atoms with Crippen molar-refractivity contribution in [2.45, 2.75) is 177 Å². The summed E-state index contributed by atoms with van der Waals surface area (Å²) < 4.78 is 22.5. The monoisotopic (exact) mass is 1740 g/mol. The van der Waals surface area contributed by atoms with Gasteiger partial charge in [-0.15, -0.1) is 20.4 Å². The van der Waals surface area contributed by atoms with E-state index in [1.54, 1.807) is 24.8 Å². The molecule has 8 fully saturated rings. The van der Waals surface area contributed by atoms with Crippen molar-refractivity contribution >= 4 is 70.3 Å². The van der Waals surface area contributed by atoms with Crippen molar-refractivity contribution in [1.82, 2.24) is 98.6 Å². The van der Waals surface area contributed by atoms with Gasteiger partial charge in [-0.3, -0.25) is 14.7 Å². The Morgan fingerprint density at radius 1 is 0.310 bits per heavy atom. The first-order chi connectivity index (χ1) is 62.8. The lowest BCUT2D eigenvalue weighted by Crippen LogP contribution is -2.46. The predicted molar refractivity (Wildman–Crippen MR) is 504 cm³/mol. The number of likely N-dealkylation sites (tertiary alicyclic amines) is 1. The smallest absolute Gasteiger partial charge is 0.257 e. The highest BCUT2D eigenvalue weighted by atomic mass is 16.5. The van der Waals surface area contributed by atoms with Crippen molar-refractivity contribution in [2.75, 3.05) is 136 Å². The van der Waals surface area contributed by atoms with Gasteiger partial charge in [-0.1, -0.05) is 62.4 Å². The molecule has 4 saturated heterocycles. The molecule has 20 rings (SSSR count). The summed E-state index contributed by atoms with van der Waals surface area (Å²) in [5, 5.41) is 30.6. The topological polar surface area (TPSA) is 376 Å². The third kappa shape index (κ3) is 22.3. The summed E-state index contributed by atoms with van der Waals surface area (Å²) in [5.74, 6) is 6.65. The molecule has 0 atom stereocenters. The van der Waals surface area contributed by atoms with Crippen molar-refractivity contribution in [3.8, 4) is 23.3 Å². The highest BCUT2D eigenvalue weighted by Gasteiger charge is 2.46. The van der Waals surface area contributed by atoms with Crippen LogP contribution in [0, 0.1) is 13.1 Å². The number of hydrogen-bond acceptors (Lipinski definition) is 27. The predicted octanol–water partition coefficient (Wildman–Crippen LogP) is 15.2. The number of ether oxygens (including phenoxy) is 3. The van der Waals surface area contributed by atoms with E-state index in [2.05, 4.69) is 184 Å². The Morgan fingerprint density at radius 3 is 0.822 bits per heavy atom. The van der Waals surface area contributed by atoms with E-state index in [0.717, 1.165) is 176 Å². The first kappa shape index (κ1) is 89.5. The third-order valence-corrected chi connectivity index (χ3v) is 26.6. The molecule has 8 aromatic heterocycles. The first-order valence-electron chi connectivity index (χ1n) is 45.4. The van der Waals surface area contributed by atoms with Crippen LogP contribution >= 0.6 is 0 Å². The second kappa shape index (κ2) is 42.8. The maximum Gasteiger partial charge on any atom is 0.257 e. The van der Waals surface area contributed by atoms with Gasteiger partial charge in [-0.2, -0.15) is 38.7 Å². The number of anilines is 12. The summed E-state index contributed by atoms with van der Waals surface area (Å²) in [6.07, 6.45) is 28.8. The summed E-state index contributed by atoms with van der Waals surface area (Å²) in [5.41, 5.74) is 31.8. The number of nitrogens with two attached hydrogens (primary N) is 4. The summed E-state index contributed by atoms with van der Waals surface area (Å²) in [4.78, 5) is 53.0. The van der Waals surface area contributed by atoms with Gasteiger partial charge < -0.3 is 73.0 Å². The van der Waals surface area contributed by atoms with Crippen LogP contribution in [0.4, 0.5) is 70.3 Å². The lowest BCUT2D eigenvalue weighted by Gasteiger charge is -2.39. The fourth-order valence-corrected chi connectivity index (χ4v) is 19.5. The van der Waals surface area contributed by atoms with E-state index >= 15 is 0 Å². The minimum absolute atomic E-state index is 0. The average molecular weight is 1740 g/mol. The van der Waals surface area contributed by atoms with Gasteiger partial charge in [0.1, 0.15) is 0 Å². The number of pyridine rings is 4. The zero-order valence-electron chi connectivity index (χ0n) is 72.6. The van der Waals surface area contributed by atoms with Crippen molar-refractivity contribution in [1.29, 1.82) is 0 Å². The molecule has 12 heterocycles. The second-order valence-corrected chi connectivity index (χ2v) is 34.3. The lowest BCUT2D eigenvalue weighted by atomic mass is 9.75. The van der Waals surface area contributed by atoms with Crippen molar-refractivity contribution in [3.05, 3.63) is 240 Å². The molecular formula is C96H120N30O3. The Morgan fingerprint density at radius 2 is 0.566 bits per heavy atom. The maximum atomic E-state index is 7.99. The van der Waals surface area contributed by atoms with E-state index in [1.807, 2.05) is 97.1 Å². The normalized spacial score (nSPS) is 22.8. The SMILES string of the molecule is C.Nc1nc(Nc2ccc(C3CCC(N4CCOCC4)CC3)cc2)nn1-c1ccccn1.Nc1nc(Nc2ccc(C3CCC(N4CCOCC4)CC3)cc2)nn1-c1ccccn1.[C-]#[N+]C1(c2ccc(Nc3nc(N)n(-c4ccccn4)n3)cc2)CCC(N2CCCCC2)CC1.[C-]#[N+]C1(c2ccc(Nc3nc(N)n(-c4ccccn4)n3)cc2)CCC(N2CCOCC2)CC1. The molecule has 0 amide bonds. The fourth-order valence-electron chi connectivity index (χ4n) is 19.5. The molecule has 8 aliphatic rings. The average Bonchev–Trinajstić information content (AvgIpc) is 1.23. The lowest BCUT2D eigenvalue weighted by molar-refractivity contribution is 0.00468. The molecule has 4 saturated carbocycles. The van der Waals surface area contributed by atoms with Gasteiger partial charge in [0, 0.05) is 148 Å². The zero-order valence-corrected chi connectivity index (χ0v) is 72.6. The van der Waals surface area contributed by atoms with E-state index in [1.165, 1.54) is 114 Å². The largest absolute Gasteiger partial charge is 0.379 e. The molecule has 672 valence electrons.